The lowest BCUT2D eigenvalue weighted by atomic mass is 9.95. The smallest absolute Gasteiger partial charge is 0.296 e. The number of carbonyl (C=O) groups excluding carboxylic acids is 1. The number of ketones is 1. The molecule has 0 amide bonds. The molecule has 1 aromatic heterocycles. The van der Waals surface area contributed by atoms with Crippen LogP contribution in [0.3, 0.4) is 0 Å². The molecule has 1 aliphatic rings. The van der Waals surface area contributed by atoms with Crippen LogP contribution < -0.4 is 0 Å². The van der Waals surface area contributed by atoms with E-state index in [2.05, 4.69) is 10.1 Å². The van der Waals surface area contributed by atoms with Crippen molar-refractivity contribution in [2.45, 2.75) is 38.5 Å². The third kappa shape index (κ3) is 2.70. The Morgan fingerprint density at radius 2 is 2.29 bits per heavy atom. The summed E-state index contributed by atoms with van der Waals surface area (Å²) < 4.78 is 29.7. The second kappa shape index (κ2) is 5.35. The van der Waals surface area contributed by atoms with Crippen molar-refractivity contribution in [2.24, 2.45) is 0 Å². The Bertz CT molecular complexity index is 682. The van der Waals surface area contributed by atoms with Gasteiger partial charge in [-0.2, -0.15) is 4.98 Å². The molecule has 1 atom stereocenters. The van der Waals surface area contributed by atoms with Gasteiger partial charge in [0.15, 0.2) is 5.78 Å². The minimum absolute atomic E-state index is 0.0919. The van der Waals surface area contributed by atoms with Crippen LogP contribution in [0.2, 0.25) is 0 Å². The van der Waals surface area contributed by atoms with Gasteiger partial charge in [0.1, 0.15) is 0 Å². The van der Waals surface area contributed by atoms with E-state index in [1.54, 1.807) is 6.92 Å². The first-order chi connectivity index (χ1) is 10.0. The fraction of sp³-hybridized carbons (Fsp3) is 0.400. The zero-order valence-electron chi connectivity index (χ0n) is 11.5. The molecule has 1 aliphatic carbocycles. The molecule has 0 N–H and O–H groups in total. The van der Waals surface area contributed by atoms with E-state index in [1.165, 1.54) is 0 Å². The van der Waals surface area contributed by atoms with Gasteiger partial charge in [-0.05, 0) is 36.0 Å². The number of carbonyl (C=O) groups is 1. The number of halogens is 2. The Labute approximate surface area is 120 Å². The SMILES string of the molecule is Cc1nc(-c2ccc3c(c2)CC[C@H]3CC(=O)C(F)F)no1. The van der Waals surface area contributed by atoms with Crippen LogP contribution in [0.25, 0.3) is 11.4 Å². The van der Waals surface area contributed by atoms with E-state index >= 15 is 0 Å². The fourth-order valence-corrected chi connectivity index (χ4v) is 2.81. The van der Waals surface area contributed by atoms with Gasteiger partial charge in [0.2, 0.25) is 11.7 Å². The van der Waals surface area contributed by atoms with E-state index in [-0.39, 0.29) is 12.3 Å². The highest BCUT2D eigenvalue weighted by Gasteiger charge is 2.28. The molecule has 6 heteroatoms. The van der Waals surface area contributed by atoms with E-state index in [9.17, 15) is 13.6 Å². The first-order valence-electron chi connectivity index (χ1n) is 6.79. The van der Waals surface area contributed by atoms with Crippen molar-refractivity contribution in [1.82, 2.24) is 10.1 Å². The van der Waals surface area contributed by atoms with Crippen LogP contribution >= 0.6 is 0 Å². The normalized spacial score (nSPS) is 17.2. The third-order valence-corrected chi connectivity index (χ3v) is 3.82. The van der Waals surface area contributed by atoms with Gasteiger partial charge in [0.25, 0.3) is 6.43 Å². The van der Waals surface area contributed by atoms with Crippen molar-refractivity contribution >= 4 is 5.78 Å². The quantitative estimate of drug-likeness (QED) is 0.867. The Morgan fingerprint density at radius 1 is 1.48 bits per heavy atom. The van der Waals surface area contributed by atoms with Crippen LogP contribution in [0.4, 0.5) is 8.78 Å². The predicted octanol–water partition coefficient (Wildman–Crippen LogP) is 3.30. The van der Waals surface area contributed by atoms with Crippen molar-refractivity contribution in [3.05, 3.63) is 35.2 Å². The molecule has 0 bridgehead atoms. The largest absolute Gasteiger partial charge is 0.339 e. The summed E-state index contributed by atoms with van der Waals surface area (Å²) in [5.41, 5.74) is 2.89. The van der Waals surface area contributed by atoms with Gasteiger partial charge < -0.3 is 4.52 Å². The number of aromatic nitrogens is 2. The van der Waals surface area contributed by atoms with Gasteiger partial charge >= 0.3 is 0 Å². The van der Waals surface area contributed by atoms with Gasteiger partial charge in [0.05, 0.1) is 0 Å². The maximum atomic E-state index is 12.4. The number of fused-ring (bicyclic) bond motifs is 1. The summed E-state index contributed by atoms with van der Waals surface area (Å²) in [4.78, 5) is 15.4. The van der Waals surface area contributed by atoms with Crippen molar-refractivity contribution in [2.75, 3.05) is 0 Å². The molecule has 1 heterocycles. The van der Waals surface area contributed by atoms with E-state index in [1.807, 2.05) is 18.2 Å². The first-order valence-corrected chi connectivity index (χ1v) is 6.79. The molecular weight excluding hydrogens is 278 g/mol. The number of aryl methyl sites for hydroxylation is 2. The Balaban J connectivity index is 1.83. The summed E-state index contributed by atoms with van der Waals surface area (Å²) in [7, 11) is 0. The van der Waals surface area contributed by atoms with Crippen molar-refractivity contribution in [1.29, 1.82) is 0 Å². The maximum Gasteiger partial charge on any atom is 0.296 e. The van der Waals surface area contributed by atoms with Gasteiger partial charge in [-0.15, -0.1) is 0 Å². The molecular formula is C15H14F2N2O2. The molecule has 0 spiro atoms. The number of benzene rings is 1. The van der Waals surface area contributed by atoms with Gasteiger partial charge in [-0.1, -0.05) is 17.3 Å². The van der Waals surface area contributed by atoms with Crippen molar-refractivity contribution < 1.29 is 18.1 Å². The fourth-order valence-electron chi connectivity index (χ4n) is 2.81. The highest BCUT2D eigenvalue weighted by atomic mass is 19.3. The van der Waals surface area contributed by atoms with Gasteiger partial charge in [-0.25, -0.2) is 8.78 Å². The molecule has 0 saturated heterocycles. The lowest BCUT2D eigenvalue weighted by Gasteiger charge is -2.10. The summed E-state index contributed by atoms with van der Waals surface area (Å²) in [5, 5.41) is 3.86. The molecule has 0 radical (unpaired) electrons. The lowest BCUT2D eigenvalue weighted by Crippen LogP contribution is -2.13. The van der Waals surface area contributed by atoms with Crippen molar-refractivity contribution in [3.8, 4) is 11.4 Å². The van der Waals surface area contributed by atoms with Gasteiger partial charge in [-0.3, -0.25) is 4.79 Å². The summed E-state index contributed by atoms with van der Waals surface area (Å²) in [6, 6.07) is 5.67. The summed E-state index contributed by atoms with van der Waals surface area (Å²) in [5.74, 6) is -0.0819. The molecule has 0 saturated carbocycles. The van der Waals surface area contributed by atoms with Gasteiger partial charge in [0, 0.05) is 18.9 Å². The van der Waals surface area contributed by atoms with Crippen LogP contribution in [0, 0.1) is 6.92 Å². The van der Waals surface area contributed by atoms with Crippen LogP contribution in [0.1, 0.15) is 35.8 Å². The highest BCUT2D eigenvalue weighted by molar-refractivity contribution is 5.82. The maximum absolute atomic E-state index is 12.4. The molecule has 2 aromatic rings. The summed E-state index contributed by atoms with van der Waals surface area (Å²) in [6.45, 7) is 1.72. The number of nitrogens with zero attached hydrogens (tertiary/aromatic N) is 2. The molecule has 110 valence electrons. The van der Waals surface area contributed by atoms with E-state index in [4.69, 9.17) is 4.52 Å². The molecule has 1 aromatic carbocycles. The minimum Gasteiger partial charge on any atom is -0.339 e. The molecule has 0 fully saturated rings. The van der Waals surface area contributed by atoms with Crippen LogP contribution in [0.15, 0.2) is 22.7 Å². The predicted molar refractivity (Wildman–Crippen MR) is 71.2 cm³/mol. The minimum atomic E-state index is -2.88. The number of rotatable bonds is 4. The summed E-state index contributed by atoms with van der Waals surface area (Å²) >= 11 is 0. The number of hydrogen-bond donors (Lipinski definition) is 0. The Morgan fingerprint density at radius 3 is 2.95 bits per heavy atom. The first kappa shape index (κ1) is 13.9. The Kier molecular flexibility index (Phi) is 3.53. The highest BCUT2D eigenvalue weighted by Crippen LogP contribution is 2.37. The van der Waals surface area contributed by atoms with Crippen LogP contribution in [-0.2, 0) is 11.2 Å². The second-order valence-corrected chi connectivity index (χ2v) is 5.26. The zero-order chi connectivity index (χ0) is 15.0. The van der Waals surface area contributed by atoms with E-state index < -0.39 is 12.2 Å². The standard InChI is InChI=1S/C15H14F2N2O2/c1-8-18-15(19-21-8)11-4-5-12-9(6-11)2-3-10(12)7-13(20)14(16)17/h4-6,10,14H,2-3,7H2,1H3/t10-/m0/s1. The average Bonchev–Trinajstić information content (AvgIpc) is 3.05. The van der Waals surface area contributed by atoms with E-state index in [0.29, 0.717) is 11.7 Å². The number of hydrogen-bond acceptors (Lipinski definition) is 4. The van der Waals surface area contributed by atoms with Crippen molar-refractivity contribution in [3.63, 3.8) is 0 Å². The second-order valence-electron chi connectivity index (χ2n) is 5.26. The summed E-state index contributed by atoms with van der Waals surface area (Å²) in [6.07, 6.45) is -1.47. The monoisotopic (exact) mass is 292 g/mol. The average molecular weight is 292 g/mol. The molecule has 21 heavy (non-hydrogen) atoms. The molecule has 3 rings (SSSR count). The topological polar surface area (TPSA) is 56.0 Å². The lowest BCUT2D eigenvalue weighted by molar-refractivity contribution is -0.129. The van der Waals surface area contributed by atoms with Crippen LogP contribution in [0.5, 0.6) is 0 Å². The Hall–Kier alpha value is -2.11. The molecule has 0 aliphatic heterocycles. The number of alkyl halides is 2. The number of Topliss-reactive ketones (excluding diaryl/α,β-unsaturated/α-hetero) is 1. The molecule has 4 nitrogen and oxygen atoms in total. The third-order valence-electron chi connectivity index (χ3n) is 3.82. The van der Waals surface area contributed by atoms with E-state index in [0.717, 1.165) is 29.5 Å². The van der Waals surface area contributed by atoms with Crippen LogP contribution in [-0.4, -0.2) is 22.3 Å². The molecule has 0 unspecified atom stereocenters. The zero-order valence-corrected chi connectivity index (χ0v) is 11.5.